The summed E-state index contributed by atoms with van der Waals surface area (Å²) in [6, 6.07) is 5.95. The van der Waals surface area contributed by atoms with Gasteiger partial charge in [-0.1, -0.05) is 6.07 Å². The van der Waals surface area contributed by atoms with Crippen molar-refractivity contribution in [2.45, 2.75) is 17.9 Å². The molecule has 0 aliphatic carbocycles. The number of rotatable bonds is 6. The molecule has 1 atom stereocenters. The fraction of sp³-hybridized carbons (Fsp3) is 0.562. The number of hydrogen-bond acceptors (Lipinski definition) is 5. The minimum atomic E-state index is -3.64. The Morgan fingerprint density at radius 3 is 2.83 bits per heavy atom. The first-order valence-corrected chi connectivity index (χ1v) is 9.39. The first-order chi connectivity index (χ1) is 11.3. The fourth-order valence-electron chi connectivity index (χ4n) is 2.50. The predicted molar refractivity (Wildman–Crippen MR) is 91.5 cm³/mol. The summed E-state index contributed by atoms with van der Waals surface area (Å²) in [5.41, 5.74) is 0.343. The third-order valence-electron chi connectivity index (χ3n) is 3.85. The van der Waals surface area contributed by atoms with Crippen molar-refractivity contribution in [2.75, 3.05) is 46.9 Å². The van der Waals surface area contributed by atoms with Crippen molar-refractivity contribution in [3.05, 3.63) is 29.8 Å². The van der Waals surface area contributed by atoms with Crippen LogP contribution in [0.3, 0.4) is 0 Å². The van der Waals surface area contributed by atoms with Gasteiger partial charge in [-0.05, 0) is 39.2 Å². The Balaban J connectivity index is 2.15. The Kier molecular flexibility index (Phi) is 6.34. The summed E-state index contributed by atoms with van der Waals surface area (Å²) in [6.07, 6.45) is 0. The highest BCUT2D eigenvalue weighted by Gasteiger charge is 2.31. The van der Waals surface area contributed by atoms with Crippen molar-refractivity contribution in [1.82, 2.24) is 14.5 Å². The van der Waals surface area contributed by atoms with E-state index in [2.05, 4.69) is 5.32 Å². The molecular weight excluding hydrogens is 330 g/mol. The summed E-state index contributed by atoms with van der Waals surface area (Å²) in [5, 5.41) is 2.79. The standard InChI is InChI=1S/C16H25N3O4S/c1-13-12-23-10-9-19(13)24(21,22)15-6-4-5-14(11-15)16(20)17-7-8-18(2)3/h4-6,11,13H,7-10,12H2,1-3H3,(H,17,20). The molecule has 1 unspecified atom stereocenters. The van der Waals surface area contributed by atoms with Crippen LogP contribution in [-0.2, 0) is 14.8 Å². The van der Waals surface area contributed by atoms with E-state index in [1.54, 1.807) is 12.1 Å². The van der Waals surface area contributed by atoms with Gasteiger partial charge in [0.2, 0.25) is 10.0 Å². The molecule has 0 radical (unpaired) electrons. The fourth-order valence-corrected chi connectivity index (χ4v) is 4.14. The molecule has 24 heavy (non-hydrogen) atoms. The Bertz CT molecular complexity index is 676. The summed E-state index contributed by atoms with van der Waals surface area (Å²) in [6.45, 7) is 4.12. The number of nitrogens with zero attached hydrogens (tertiary/aromatic N) is 2. The lowest BCUT2D eigenvalue weighted by Gasteiger charge is -2.32. The maximum Gasteiger partial charge on any atom is 0.251 e. The molecule has 0 aromatic heterocycles. The average molecular weight is 355 g/mol. The van der Waals surface area contributed by atoms with Crippen LogP contribution >= 0.6 is 0 Å². The van der Waals surface area contributed by atoms with Gasteiger partial charge in [0.05, 0.1) is 18.1 Å². The first kappa shape index (κ1) is 18.9. The lowest BCUT2D eigenvalue weighted by Crippen LogP contribution is -2.46. The molecule has 0 spiro atoms. The summed E-state index contributed by atoms with van der Waals surface area (Å²) in [7, 11) is 0.203. The monoisotopic (exact) mass is 355 g/mol. The molecule has 7 nitrogen and oxygen atoms in total. The molecule has 2 rings (SSSR count). The zero-order valence-corrected chi connectivity index (χ0v) is 15.2. The zero-order valence-electron chi connectivity index (χ0n) is 14.4. The third-order valence-corrected chi connectivity index (χ3v) is 5.86. The van der Waals surface area contributed by atoms with E-state index in [0.29, 0.717) is 31.9 Å². The van der Waals surface area contributed by atoms with Gasteiger partial charge in [-0.15, -0.1) is 0 Å². The number of morpholine rings is 1. The van der Waals surface area contributed by atoms with Gasteiger partial charge in [0.25, 0.3) is 5.91 Å². The lowest BCUT2D eigenvalue weighted by atomic mass is 10.2. The van der Waals surface area contributed by atoms with Crippen molar-refractivity contribution in [2.24, 2.45) is 0 Å². The highest BCUT2D eigenvalue weighted by Crippen LogP contribution is 2.21. The SMILES string of the molecule is CC1COCCN1S(=O)(=O)c1cccc(C(=O)NCCN(C)C)c1. The molecule has 1 saturated heterocycles. The van der Waals surface area contributed by atoms with Gasteiger partial charge in [-0.3, -0.25) is 4.79 Å². The number of ether oxygens (including phenoxy) is 1. The van der Waals surface area contributed by atoms with E-state index in [9.17, 15) is 13.2 Å². The van der Waals surface area contributed by atoms with Gasteiger partial charge in [-0.25, -0.2) is 8.42 Å². The number of amides is 1. The number of hydrogen-bond donors (Lipinski definition) is 1. The van der Waals surface area contributed by atoms with Gasteiger partial charge in [0, 0.05) is 31.2 Å². The zero-order chi connectivity index (χ0) is 17.7. The summed E-state index contributed by atoms with van der Waals surface area (Å²) >= 11 is 0. The van der Waals surface area contributed by atoms with E-state index in [1.807, 2.05) is 25.9 Å². The molecule has 1 aliphatic heterocycles. The van der Waals surface area contributed by atoms with Crippen LogP contribution in [-0.4, -0.2) is 76.5 Å². The van der Waals surface area contributed by atoms with Crippen molar-refractivity contribution < 1.29 is 17.9 Å². The van der Waals surface area contributed by atoms with Gasteiger partial charge >= 0.3 is 0 Å². The quantitative estimate of drug-likeness (QED) is 0.798. The molecular formula is C16H25N3O4S. The van der Waals surface area contributed by atoms with E-state index >= 15 is 0 Å². The predicted octanol–water partition coefficient (Wildman–Crippen LogP) is 0.387. The van der Waals surface area contributed by atoms with Crippen LogP contribution in [0.4, 0.5) is 0 Å². The molecule has 1 aromatic carbocycles. The molecule has 1 heterocycles. The van der Waals surface area contributed by atoms with Gasteiger partial charge in [-0.2, -0.15) is 4.31 Å². The van der Waals surface area contributed by atoms with Crippen LogP contribution in [0, 0.1) is 0 Å². The smallest absolute Gasteiger partial charge is 0.251 e. The Hall–Kier alpha value is -1.48. The second-order valence-electron chi connectivity index (χ2n) is 6.13. The van der Waals surface area contributed by atoms with E-state index in [0.717, 1.165) is 6.54 Å². The van der Waals surface area contributed by atoms with Crippen molar-refractivity contribution in [3.8, 4) is 0 Å². The molecule has 1 aliphatic rings. The Morgan fingerprint density at radius 2 is 2.17 bits per heavy atom. The highest BCUT2D eigenvalue weighted by atomic mass is 32.2. The second-order valence-corrected chi connectivity index (χ2v) is 8.02. The van der Waals surface area contributed by atoms with Crippen molar-refractivity contribution in [3.63, 3.8) is 0 Å². The maximum atomic E-state index is 12.8. The molecule has 8 heteroatoms. The number of benzene rings is 1. The van der Waals surface area contributed by atoms with Crippen LogP contribution in [0.2, 0.25) is 0 Å². The summed E-state index contributed by atoms with van der Waals surface area (Å²) in [4.78, 5) is 14.3. The normalized spacial score (nSPS) is 19.4. The first-order valence-electron chi connectivity index (χ1n) is 7.95. The van der Waals surface area contributed by atoms with Crippen LogP contribution in [0.5, 0.6) is 0 Å². The average Bonchev–Trinajstić information content (AvgIpc) is 2.54. The van der Waals surface area contributed by atoms with E-state index in [1.165, 1.54) is 16.4 Å². The van der Waals surface area contributed by atoms with Crippen molar-refractivity contribution >= 4 is 15.9 Å². The molecule has 1 N–H and O–H groups in total. The minimum Gasteiger partial charge on any atom is -0.378 e. The molecule has 1 amide bonds. The van der Waals surface area contributed by atoms with Crippen LogP contribution in [0.15, 0.2) is 29.2 Å². The molecule has 134 valence electrons. The van der Waals surface area contributed by atoms with Crippen LogP contribution in [0.25, 0.3) is 0 Å². The van der Waals surface area contributed by atoms with Crippen LogP contribution in [0.1, 0.15) is 17.3 Å². The number of nitrogens with one attached hydrogen (secondary N) is 1. The molecule has 1 fully saturated rings. The topological polar surface area (TPSA) is 78.9 Å². The number of carbonyl (C=O) groups excluding carboxylic acids is 1. The van der Waals surface area contributed by atoms with E-state index < -0.39 is 10.0 Å². The van der Waals surface area contributed by atoms with Gasteiger partial charge in [0.15, 0.2) is 0 Å². The largest absolute Gasteiger partial charge is 0.378 e. The number of carbonyl (C=O) groups is 1. The van der Waals surface area contributed by atoms with Gasteiger partial charge < -0.3 is 15.0 Å². The molecule has 0 bridgehead atoms. The van der Waals surface area contributed by atoms with E-state index in [-0.39, 0.29) is 16.8 Å². The second kappa shape index (κ2) is 8.06. The summed E-state index contributed by atoms with van der Waals surface area (Å²) < 4.78 is 32.3. The van der Waals surface area contributed by atoms with Crippen LogP contribution < -0.4 is 5.32 Å². The Morgan fingerprint density at radius 1 is 1.42 bits per heavy atom. The third kappa shape index (κ3) is 4.54. The van der Waals surface area contributed by atoms with Crippen molar-refractivity contribution in [1.29, 1.82) is 0 Å². The number of sulfonamides is 1. The molecule has 0 saturated carbocycles. The minimum absolute atomic E-state index is 0.136. The lowest BCUT2D eigenvalue weighted by molar-refractivity contribution is 0.0392. The molecule has 1 aromatic rings. The number of likely N-dealkylation sites (N-methyl/N-ethyl adjacent to an activating group) is 1. The maximum absolute atomic E-state index is 12.8. The van der Waals surface area contributed by atoms with Gasteiger partial charge in [0.1, 0.15) is 0 Å². The Labute approximate surface area is 143 Å². The van der Waals surface area contributed by atoms with E-state index in [4.69, 9.17) is 4.74 Å². The highest BCUT2D eigenvalue weighted by molar-refractivity contribution is 7.89. The summed E-state index contributed by atoms with van der Waals surface area (Å²) in [5.74, 6) is -0.274.